The summed E-state index contributed by atoms with van der Waals surface area (Å²) < 4.78 is 1.51. The fourth-order valence-corrected chi connectivity index (χ4v) is 1.73. The normalized spacial score (nSPS) is 10.2. The molecule has 98 valence electrons. The first-order valence-electron chi connectivity index (χ1n) is 5.70. The molecule has 6 heteroatoms. The van der Waals surface area contributed by atoms with Gasteiger partial charge in [-0.05, 0) is 37.1 Å². The topological polar surface area (TPSA) is 90.0 Å². The average Bonchev–Trinajstić information content (AvgIpc) is 2.77. The van der Waals surface area contributed by atoms with Crippen molar-refractivity contribution in [2.24, 2.45) is 5.73 Å². The van der Waals surface area contributed by atoms with Gasteiger partial charge in [0.2, 0.25) is 6.41 Å². The number of hydrogen-bond acceptors (Lipinski definition) is 3. The second-order valence-electron chi connectivity index (χ2n) is 4.23. The lowest BCUT2D eigenvalue weighted by molar-refractivity contribution is -0.105. The van der Waals surface area contributed by atoms with E-state index in [2.05, 4.69) is 10.4 Å². The Bertz CT molecular complexity index is 646. The molecule has 0 saturated heterocycles. The van der Waals surface area contributed by atoms with Crippen molar-refractivity contribution < 1.29 is 9.59 Å². The molecular weight excluding hydrogens is 244 g/mol. The van der Waals surface area contributed by atoms with Gasteiger partial charge in [0.15, 0.2) is 5.69 Å². The fraction of sp³-hybridized carbons (Fsp3) is 0.154. The lowest BCUT2D eigenvalue weighted by Crippen LogP contribution is -2.14. The first kappa shape index (κ1) is 12.8. The number of aromatic nitrogens is 2. The molecule has 1 aromatic carbocycles. The Morgan fingerprint density at radius 2 is 2.11 bits per heavy atom. The predicted molar refractivity (Wildman–Crippen MR) is 71.2 cm³/mol. The maximum atomic E-state index is 11.3. The van der Waals surface area contributed by atoms with Crippen molar-refractivity contribution >= 4 is 18.0 Å². The Morgan fingerprint density at radius 3 is 2.68 bits per heavy atom. The van der Waals surface area contributed by atoms with Gasteiger partial charge in [-0.1, -0.05) is 6.07 Å². The highest BCUT2D eigenvalue weighted by atomic mass is 16.1. The lowest BCUT2D eigenvalue weighted by atomic mass is 10.1. The Balaban J connectivity index is 2.50. The van der Waals surface area contributed by atoms with Gasteiger partial charge in [-0.3, -0.25) is 9.59 Å². The molecule has 0 aliphatic heterocycles. The van der Waals surface area contributed by atoms with Crippen LogP contribution in [0.15, 0.2) is 24.4 Å². The van der Waals surface area contributed by atoms with Gasteiger partial charge in [0.1, 0.15) is 0 Å². The molecule has 0 fully saturated rings. The fourth-order valence-electron chi connectivity index (χ4n) is 1.73. The summed E-state index contributed by atoms with van der Waals surface area (Å²) in [7, 11) is 0. The molecule has 2 rings (SSSR count). The van der Waals surface area contributed by atoms with E-state index in [-0.39, 0.29) is 5.69 Å². The first-order valence-corrected chi connectivity index (χ1v) is 5.70. The molecule has 1 heterocycles. The Labute approximate surface area is 110 Å². The van der Waals surface area contributed by atoms with Crippen LogP contribution >= 0.6 is 0 Å². The summed E-state index contributed by atoms with van der Waals surface area (Å²) in [6.45, 7) is 4.00. The van der Waals surface area contributed by atoms with Crippen molar-refractivity contribution in [2.75, 3.05) is 5.32 Å². The quantitative estimate of drug-likeness (QED) is 0.806. The predicted octanol–water partition coefficient (Wildman–Crippen LogP) is 1.16. The van der Waals surface area contributed by atoms with Crippen molar-refractivity contribution in [3.63, 3.8) is 0 Å². The van der Waals surface area contributed by atoms with Crippen LogP contribution in [-0.4, -0.2) is 22.1 Å². The van der Waals surface area contributed by atoms with Gasteiger partial charge < -0.3 is 11.1 Å². The molecule has 6 nitrogen and oxygen atoms in total. The zero-order valence-corrected chi connectivity index (χ0v) is 10.7. The molecule has 0 atom stereocenters. The van der Waals surface area contributed by atoms with E-state index >= 15 is 0 Å². The number of anilines is 1. The summed E-state index contributed by atoms with van der Waals surface area (Å²) in [6.07, 6.45) is 2.03. The molecule has 19 heavy (non-hydrogen) atoms. The van der Waals surface area contributed by atoms with Gasteiger partial charge in [0, 0.05) is 0 Å². The van der Waals surface area contributed by atoms with Crippen LogP contribution in [0, 0.1) is 13.8 Å². The van der Waals surface area contributed by atoms with E-state index in [1.807, 2.05) is 32.0 Å². The van der Waals surface area contributed by atoms with Crippen molar-refractivity contribution in [1.82, 2.24) is 9.78 Å². The number of primary amides is 1. The third-order valence-electron chi connectivity index (χ3n) is 2.92. The first-order chi connectivity index (χ1) is 9.02. The molecule has 0 saturated carbocycles. The summed E-state index contributed by atoms with van der Waals surface area (Å²) in [5.74, 6) is -0.688. The molecule has 3 N–H and O–H groups in total. The molecule has 1 aromatic heterocycles. The van der Waals surface area contributed by atoms with Crippen LogP contribution in [0.1, 0.15) is 21.6 Å². The Kier molecular flexibility index (Phi) is 3.33. The number of carbonyl (C=O) groups excluding carboxylic acids is 2. The highest BCUT2D eigenvalue weighted by molar-refractivity contribution is 5.98. The highest BCUT2D eigenvalue weighted by Gasteiger charge is 2.14. The number of nitrogens with one attached hydrogen (secondary N) is 1. The summed E-state index contributed by atoms with van der Waals surface area (Å²) in [5.41, 5.74) is 8.61. The van der Waals surface area contributed by atoms with Crippen LogP contribution < -0.4 is 11.1 Å². The largest absolute Gasteiger partial charge is 0.364 e. The van der Waals surface area contributed by atoms with E-state index in [9.17, 15) is 9.59 Å². The minimum atomic E-state index is -0.688. The van der Waals surface area contributed by atoms with Crippen molar-refractivity contribution in [1.29, 1.82) is 0 Å². The number of hydrogen-bond donors (Lipinski definition) is 2. The number of amides is 2. The second-order valence-corrected chi connectivity index (χ2v) is 4.23. The Morgan fingerprint density at radius 1 is 1.37 bits per heavy atom. The van der Waals surface area contributed by atoms with Crippen LogP contribution in [0.3, 0.4) is 0 Å². The summed E-state index contributed by atoms with van der Waals surface area (Å²) in [4.78, 5) is 21.7. The summed E-state index contributed by atoms with van der Waals surface area (Å²) in [6, 6.07) is 5.78. The maximum Gasteiger partial charge on any atom is 0.271 e. The number of carbonyl (C=O) groups is 2. The third kappa shape index (κ3) is 2.47. The SMILES string of the molecule is Cc1ccc(-n2cc(NC=O)c(C(N)=O)n2)cc1C. The van der Waals surface area contributed by atoms with Crippen molar-refractivity contribution in [3.8, 4) is 5.69 Å². The molecule has 0 radical (unpaired) electrons. The van der Waals surface area contributed by atoms with Gasteiger partial charge in [0.05, 0.1) is 17.6 Å². The number of benzene rings is 1. The molecule has 0 bridgehead atoms. The zero-order valence-electron chi connectivity index (χ0n) is 10.7. The van der Waals surface area contributed by atoms with Gasteiger partial charge >= 0.3 is 0 Å². The zero-order chi connectivity index (χ0) is 14.0. The molecule has 0 aliphatic rings. The monoisotopic (exact) mass is 258 g/mol. The van der Waals surface area contributed by atoms with E-state index in [1.54, 1.807) is 6.20 Å². The summed E-state index contributed by atoms with van der Waals surface area (Å²) >= 11 is 0. The van der Waals surface area contributed by atoms with Crippen LogP contribution in [0.25, 0.3) is 5.69 Å². The molecule has 2 amide bonds. The number of aryl methyl sites for hydroxylation is 2. The molecular formula is C13H14N4O2. The van der Waals surface area contributed by atoms with Gasteiger partial charge in [-0.25, -0.2) is 4.68 Å². The maximum absolute atomic E-state index is 11.3. The second kappa shape index (κ2) is 4.93. The smallest absolute Gasteiger partial charge is 0.271 e. The van der Waals surface area contributed by atoms with Gasteiger partial charge in [-0.2, -0.15) is 5.10 Å². The summed E-state index contributed by atoms with van der Waals surface area (Å²) in [5, 5.41) is 6.50. The van der Waals surface area contributed by atoms with Crippen LogP contribution in [-0.2, 0) is 4.79 Å². The van der Waals surface area contributed by atoms with Crippen LogP contribution in [0.4, 0.5) is 5.69 Å². The molecule has 0 unspecified atom stereocenters. The van der Waals surface area contributed by atoms with Crippen molar-refractivity contribution in [3.05, 3.63) is 41.2 Å². The highest BCUT2D eigenvalue weighted by Crippen LogP contribution is 2.18. The van der Waals surface area contributed by atoms with Crippen LogP contribution in [0.5, 0.6) is 0 Å². The van der Waals surface area contributed by atoms with E-state index in [0.717, 1.165) is 16.8 Å². The lowest BCUT2D eigenvalue weighted by Gasteiger charge is -2.04. The van der Waals surface area contributed by atoms with E-state index in [4.69, 9.17) is 5.73 Å². The standard InChI is InChI=1S/C13H14N4O2/c1-8-3-4-10(5-9(8)2)17-6-11(15-7-18)12(16-17)13(14)19/h3-7H,1-2H3,(H2,14,19)(H,15,18). The molecule has 2 aromatic rings. The van der Waals surface area contributed by atoms with Gasteiger partial charge in [-0.15, -0.1) is 0 Å². The van der Waals surface area contributed by atoms with E-state index in [1.165, 1.54) is 4.68 Å². The third-order valence-corrected chi connectivity index (χ3v) is 2.92. The minimum Gasteiger partial charge on any atom is -0.364 e. The molecule has 0 aliphatic carbocycles. The van der Waals surface area contributed by atoms with E-state index in [0.29, 0.717) is 12.1 Å². The number of nitrogens with two attached hydrogens (primary N) is 1. The van der Waals surface area contributed by atoms with Crippen molar-refractivity contribution in [2.45, 2.75) is 13.8 Å². The van der Waals surface area contributed by atoms with Crippen LogP contribution in [0.2, 0.25) is 0 Å². The minimum absolute atomic E-state index is 0.0327. The number of rotatable bonds is 4. The Hall–Kier alpha value is -2.63. The average molecular weight is 258 g/mol. The van der Waals surface area contributed by atoms with Gasteiger partial charge in [0.25, 0.3) is 5.91 Å². The number of nitrogens with zero attached hydrogens (tertiary/aromatic N) is 2. The van der Waals surface area contributed by atoms with E-state index < -0.39 is 5.91 Å². The molecule has 0 spiro atoms.